The molecule has 0 aliphatic carbocycles. The van der Waals surface area contributed by atoms with Gasteiger partial charge in [-0.1, -0.05) is 24.6 Å². The second kappa shape index (κ2) is 5.11. The first-order chi connectivity index (χ1) is 8.47. The molecule has 0 saturated carbocycles. The topological polar surface area (TPSA) is 46.3 Å². The van der Waals surface area contributed by atoms with Gasteiger partial charge in [-0.2, -0.15) is 0 Å². The first-order valence-electron chi connectivity index (χ1n) is 6.59. The Bertz CT molecular complexity index is 446. The molecule has 2 rings (SSSR count). The van der Waals surface area contributed by atoms with Crippen LogP contribution in [0.4, 0.5) is 0 Å². The number of carbonyl (C=O) groups excluding carboxylic acids is 1. The first kappa shape index (κ1) is 13.1. The lowest BCUT2D eigenvalue weighted by Gasteiger charge is -2.35. The summed E-state index contributed by atoms with van der Waals surface area (Å²) >= 11 is 0. The number of nitrogens with zero attached hydrogens (tertiary/aromatic N) is 1. The summed E-state index contributed by atoms with van der Waals surface area (Å²) in [4.78, 5) is 14.4. The maximum atomic E-state index is 12.5. The lowest BCUT2D eigenvalue weighted by Crippen LogP contribution is -2.48. The Hall–Kier alpha value is -1.35. The maximum Gasteiger partial charge on any atom is 0.254 e. The summed E-state index contributed by atoms with van der Waals surface area (Å²) in [5, 5.41) is 0. The third kappa shape index (κ3) is 2.72. The quantitative estimate of drug-likeness (QED) is 0.825. The highest BCUT2D eigenvalue weighted by atomic mass is 16.2. The molecule has 1 saturated heterocycles. The molecule has 2 N–H and O–H groups in total. The fourth-order valence-electron chi connectivity index (χ4n) is 2.79. The van der Waals surface area contributed by atoms with Gasteiger partial charge in [-0.25, -0.2) is 0 Å². The Morgan fingerprint density at radius 1 is 1.33 bits per heavy atom. The average Bonchev–Trinajstić information content (AvgIpc) is 2.26. The Kier molecular flexibility index (Phi) is 3.71. The van der Waals surface area contributed by atoms with E-state index in [2.05, 4.69) is 13.0 Å². The number of hydrogen-bond donors (Lipinski definition) is 1. The van der Waals surface area contributed by atoms with Crippen molar-refractivity contribution >= 4 is 5.91 Å². The first-order valence-corrected chi connectivity index (χ1v) is 6.59. The van der Waals surface area contributed by atoms with Crippen molar-refractivity contribution in [3.05, 3.63) is 34.9 Å². The van der Waals surface area contributed by atoms with Gasteiger partial charge in [-0.05, 0) is 37.8 Å². The Morgan fingerprint density at radius 2 is 2.06 bits per heavy atom. The molecule has 3 heteroatoms. The van der Waals surface area contributed by atoms with E-state index in [0.29, 0.717) is 12.5 Å². The van der Waals surface area contributed by atoms with Gasteiger partial charge in [-0.3, -0.25) is 4.79 Å². The number of carbonyl (C=O) groups is 1. The molecular formula is C15H22N2O. The second-order valence-corrected chi connectivity index (χ2v) is 5.63. The number of hydrogen-bond acceptors (Lipinski definition) is 2. The summed E-state index contributed by atoms with van der Waals surface area (Å²) < 4.78 is 0. The highest BCUT2D eigenvalue weighted by molar-refractivity contribution is 5.95. The number of rotatable bonds is 1. The molecule has 0 spiro atoms. The zero-order chi connectivity index (χ0) is 13.3. The average molecular weight is 246 g/mol. The molecule has 3 nitrogen and oxygen atoms in total. The maximum absolute atomic E-state index is 12.5. The zero-order valence-corrected chi connectivity index (χ0v) is 11.4. The minimum atomic E-state index is 0.114. The summed E-state index contributed by atoms with van der Waals surface area (Å²) in [7, 11) is 0. The predicted molar refractivity (Wildman–Crippen MR) is 73.6 cm³/mol. The molecular weight excluding hydrogens is 224 g/mol. The van der Waals surface area contributed by atoms with Crippen LogP contribution in [0.3, 0.4) is 0 Å². The van der Waals surface area contributed by atoms with Crippen molar-refractivity contribution in [2.24, 2.45) is 11.7 Å². The number of likely N-dealkylation sites (tertiary alicyclic amines) is 1. The Labute approximate surface area is 109 Å². The van der Waals surface area contributed by atoms with Crippen molar-refractivity contribution in [2.75, 3.05) is 13.1 Å². The van der Waals surface area contributed by atoms with Gasteiger partial charge in [0, 0.05) is 24.7 Å². The van der Waals surface area contributed by atoms with Crippen LogP contribution >= 0.6 is 0 Å². The van der Waals surface area contributed by atoms with E-state index in [1.165, 1.54) is 5.56 Å². The number of piperidine rings is 1. The Balaban J connectivity index is 2.20. The van der Waals surface area contributed by atoms with Gasteiger partial charge in [0.05, 0.1) is 0 Å². The molecule has 98 valence electrons. The smallest absolute Gasteiger partial charge is 0.254 e. The van der Waals surface area contributed by atoms with E-state index in [1.807, 2.05) is 30.9 Å². The van der Waals surface area contributed by atoms with E-state index in [4.69, 9.17) is 5.73 Å². The van der Waals surface area contributed by atoms with Crippen LogP contribution in [0.1, 0.15) is 34.8 Å². The van der Waals surface area contributed by atoms with Crippen LogP contribution in [0.5, 0.6) is 0 Å². The number of aryl methyl sites for hydroxylation is 2. The lowest BCUT2D eigenvalue weighted by molar-refractivity contribution is 0.0660. The van der Waals surface area contributed by atoms with Crippen molar-refractivity contribution < 1.29 is 4.79 Å². The van der Waals surface area contributed by atoms with E-state index in [1.54, 1.807) is 0 Å². The second-order valence-electron chi connectivity index (χ2n) is 5.63. The van der Waals surface area contributed by atoms with Gasteiger partial charge in [0.25, 0.3) is 5.91 Å². The SMILES string of the molecule is Cc1ccc(C(=O)N2CC(C)CC(N)C2)c(C)c1. The zero-order valence-electron chi connectivity index (χ0n) is 11.4. The van der Waals surface area contributed by atoms with E-state index in [9.17, 15) is 4.79 Å². The van der Waals surface area contributed by atoms with Gasteiger partial charge in [0.1, 0.15) is 0 Å². The molecule has 1 amide bonds. The van der Waals surface area contributed by atoms with Crippen molar-refractivity contribution in [3.8, 4) is 0 Å². The third-order valence-corrected chi connectivity index (χ3v) is 3.59. The molecule has 1 heterocycles. The van der Waals surface area contributed by atoms with Crippen LogP contribution in [-0.4, -0.2) is 29.9 Å². The summed E-state index contributed by atoms with van der Waals surface area (Å²) in [6, 6.07) is 6.09. The number of amides is 1. The minimum Gasteiger partial charge on any atom is -0.337 e. The fourth-order valence-corrected chi connectivity index (χ4v) is 2.79. The summed E-state index contributed by atoms with van der Waals surface area (Å²) in [6.45, 7) is 7.69. The highest BCUT2D eigenvalue weighted by Gasteiger charge is 2.26. The van der Waals surface area contributed by atoms with Crippen LogP contribution in [0.25, 0.3) is 0 Å². The van der Waals surface area contributed by atoms with Crippen LogP contribution in [-0.2, 0) is 0 Å². The van der Waals surface area contributed by atoms with Crippen LogP contribution in [0.2, 0.25) is 0 Å². The predicted octanol–water partition coefficient (Wildman–Crippen LogP) is 2.11. The number of nitrogens with two attached hydrogens (primary N) is 1. The van der Waals surface area contributed by atoms with Gasteiger partial charge >= 0.3 is 0 Å². The molecule has 0 radical (unpaired) electrons. The number of benzene rings is 1. The third-order valence-electron chi connectivity index (χ3n) is 3.59. The highest BCUT2D eigenvalue weighted by Crippen LogP contribution is 2.19. The van der Waals surface area contributed by atoms with E-state index in [-0.39, 0.29) is 11.9 Å². The van der Waals surface area contributed by atoms with Gasteiger partial charge < -0.3 is 10.6 Å². The standard InChI is InChI=1S/C15H22N2O/c1-10-4-5-14(12(3)6-10)15(18)17-8-11(2)7-13(16)9-17/h4-6,11,13H,7-9,16H2,1-3H3. The van der Waals surface area contributed by atoms with Crippen LogP contribution < -0.4 is 5.73 Å². The van der Waals surface area contributed by atoms with Crippen LogP contribution in [0.15, 0.2) is 18.2 Å². The molecule has 2 unspecified atom stereocenters. The molecule has 1 aromatic rings. The molecule has 1 fully saturated rings. The molecule has 1 aliphatic heterocycles. The molecule has 2 atom stereocenters. The van der Waals surface area contributed by atoms with Crippen molar-refractivity contribution in [2.45, 2.75) is 33.2 Å². The van der Waals surface area contributed by atoms with Crippen LogP contribution in [0, 0.1) is 19.8 Å². The van der Waals surface area contributed by atoms with E-state index in [0.717, 1.165) is 24.1 Å². The normalized spacial score (nSPS) is 24.1. The molecule has 18 heavy (non-hydrogen) atoms. The molecule has 1 aromatic carbocycles. The largest absolute Gasteiger partial charge is 0.337 e. The Morgan fingerprint density at radius 3 is 2.67 bits per heavy atom. The summed E-state index contributed by atoms with van der Waals surface area (Å²) in [5.41, 5.74) is 9.04. The molecule has 0 aromatic heterocycles. The fraction of sp³-hybridized carbons (Fsp3) is 0.533. The van der Waals surface area contributed by atoms with Crippen molar-refractivity contribution in [1.82, 2.24) is 4.90 Å². The molecule has 0 bridgehead atoms. The van der Waals surface area contributed by atoms with E-state index >= 15 is 0 Å². The van der Waals surface area contributed by atoms with Gasteiger partial charge in [0.2, 0.25) is 0 Å². The molecule has 1 aliphatic rings. The minimum absolute atomic E-state index is 0.114. The van der Waals surface area contributed by atoms with E-state index < -0.39 is 0 Å². The summed E-state index contributed by atoms with van der Waals surface area (Å²) in [6.07, 6.45) is 1.01. The monoisotopic (exact) mass is 246 g/mol. The van der Waals surface area contributed by atoms with Gasteiger partial charge in [-0.15, -0.1) is 0 Å². The van der Waals surface area contributed by atoms with Crippen molar-refractivity contribution in [3.63, 3.8) is 0 Å². The lowest BCUT2D eigenvalue weighted by atomic mass is 9.95. The van der Waals surface area contributed by atoms with Crippen molar-refractivity contribution in [1.29, 1.82) is 0 Å². The summed E-state index contributed by atoms with van der Waals surface area (Å²) in [5.74, 6) is 0.609. The van der Waals surface area contributed by atoms with Gasteiger partial charge in [0.15, 0.2) is 0 Å².